The lowest BCUT2D eigenvalue weighted by Gasteiger charge is -2.48. The molecule has 1 aliphatic carbocycles. The van der Waals surface area contributed by atoms with Crippen molar-refractivity contribution in [3.8, 4) is 0 Å². The topological polar surface area (TPSA) is 600 Å². The van der Waals surface area contributed by atoms with E-state index in [1.807, 2.05) is 0 Å². The Morgan fingerprint density at radius 1 is 0.466 bits per heavy atom. The highest BCUT2D eigenvalue weighted by molar-refractivity contribution is 7.47. The largest absolute Gasteiger partial charge is 0.474 e. The average molecular weight is 1120 g/mol. The third kappa shape index (κ3) is 12.6. The minimum absolute atomic E-state index is 0.315. The van der Waals surface area contributed by atoms with Crippen LogP contribution in [0.5, 0.6) is 0 Å². The van der Waals surface area contributed by atoms with E-state index in [1.54, 1.807) is 0 Å². The molecule has 0 aromatic carbocycles. The van der Waals surface area contributed by atoms with Crippen LogP contribution in [0.25, 0.3) is 0 Å². The Morgan fingerprint density at radius 3 is 1.58 bits per heavy atom. The summed E-state index contributed by atoms with van der Waals surface area (Å²) in [6.07, 6.45) is -64.8. The van der Waals surface area contributed by atoms with E-state index in [0.717, 1.165) is 0 Å². The number of phosphoric acid groups is 2. The van der Waals surface area contributed by atoms with Crippen molar-refractivity contribution in [3.05, 3.63) is 0 Å². The molecule has 39 heteroatoms. The highest BCUT2D eigenvalue weighted by atomic mass is 31.2. The number of aliphatic hydroxyl groups is 17. The van der Waals surface area contributed by atoms with Crippen LogP contribution in [0.15, 0.2) is 0 Å². The predicted molar refractivity (Wildman–Crippen MR) is 213 cm³/mol. The first-order chi connectivity index (χ1) is 34.1. The van der Waals surface area contributed by atoms with Gasteiger partial charge in [-0.3, -0.25) is 18.1 Å². The van der Waals surface area contributed by atoms with Crippen LogP contribution in [-0.2, 0) is 74.6 Å². The molecule has 73 heavy (non-hydrogen) atoms. The summed E-state index contributed by atoms with van der Waals surface area (Å²) in [7, 11) is -10.1. The number of aliphatic hydroxyl groups excluding tert-OH is 17. The van der Waals surface area contributed by atoms with E-state index in [2.05, 4.69) is 4.52 Å². The number of hydrogen-bond acceptors (Lipinski definition) is 35. The van der Waals surface area contributed by atoms with E-state index >= 15 is 0 Å². The normalized spacial score (nSPS) is 54.7. The lowest BCUT2D eigenvalue weighted by molar-refractivity contribution is -0.420. The number of hydrogen-bond donors (Lipinski definition) is 21. The molecule has 23 N–H and O–H groups in total. The maximum Gasteiger partial charge on any atom is 0.474 e. The second-order valence-electron chi connectivity index (χ2n) is 17.6. The third-order valence-corrected chi connectivity index (χ3v) is 14.6. The minimum atomic E-state index is -5.21. The molecule has 1 saturated carbocycles. The number of fused-ring (bicyclic) bond motifs is 1. The summed E-state index contributed by atoms with van der Waals surface area (Å²) in [4.78, 5) is 20.0. The first kappa shape index (κ1) is 59.7. The molecule has 7 rings (SSSR count). The first-order valence-electron chi connectivity index (χ1n) is 22.0. The van der Waals surface area contributed by atoms with Crippen molar-refractivity contribution < 1.29 is 171 Å². The van der Waals surface area contributed by atoms with Crippen molar-refractivity contribution in [1.29, 1.82) is 0 Å². The fraction of sp³-hybridized carbons (Fsp3) is 1.00. The lowest BCUT2D eigenvalue weighted by atomic mass is 9.84. The third-order valence-electron chi connectivity index (χ3n) is 12.6. The molecule has 426 valence electrons. The first-order valence-corrected chi connectivity index (χ1v) is 25.0. The summed E-state index contributed by atoms with van der Waals surface area (Å²) < 4.78 is 98.5. The quantitative estimate of drug-likeness (QED) is 0.0638. The number of rotatable bonds is 16. The van der Waals surface area contributed by atoms with E-state index in [-0.39, 0.29) is 6.54 Å². The fourth-order valence-corrected chi connectivity index (χ4v) is 10.5. The molecule has 0 aromatic heterocycles. The molecule has 7 aliphatic rings. The zero-order valence-corrected chi connectivity index (χ0v) is 38.9. The van der Waals surface area contributed by atoms with Gasteiger partial charge in [-0.05, 0) is 0 Å². The molecule has 6 saturated heterocycles. The van der Waals surface area contributed by atoms with Crippen LogP contribution in [0.2, 0.25) is 0 Å². The second kappa shape index (κ2) is 23.8. The Balaban J connectivity index is 1.05. The van der Waals surface area contributed by atoms with Gasteiger partial charge in [-0.2, -0.15) is 0 Å². The number of phosphoric ester groups is 2. The average Bonchev–Trinajstić information content (AvgIpc) is 3.67. The highest BCUT2D eigenvalue weighted by Gasteiger charge is 2.62. The van der Waals surface area contributed by atoms with Crippen molar-refractivity contribution >= 4 is 15.6 Å². The maximum absolute atomic E-state index is 12.6. The summed E-state index contributed by atoms with van der Waals surface area (Å²) in [6, 6.07) is -1.80. The van der Waals surface area contributed by atoms with Gasteiger partial charge >= 0.3 is 15.6 Å². The molecule has 3 unspecified atom stereocenters. The van der Waals surface area contributed by atoms with E-state index in [9.17, 15) is 106 Å². The van der Waals surface area contributed by atoms with Gasteiger partial charge in [-0.25, -0.2) is 9.13 Å². The summed E-state index contributed by atoms with van der Waals surface area (Å²) in [5.74, 6) is 0. The molecule has 33 atom stereocenters. The fourth-order valence-electron chi connectivity index (χ4n) is 8.52. The Kier molecular flexibility index (Phi) is 19.5. The van der Waals surface area contributed by atoms with Crippen LogP contribution in [0.3, 0.4) is 0 Å². The summed E-state index contributed by atoms with van der Waals surface area (Å²) >= 11 is 0. The van der Waals surface area contributed by atoms with Gasteiger partial charge in [0.25, 0.3) is 0 Å². The van der Waals surface area contributed by atoms with Crippen molar-refractivity contribution in [2.24, 2.45) is 11.5 Å². The number of ether oxygens (including phenoxy) is 10. The molecular formula is C34H60N2O35P2. The van der Waals surface area contributed by atoms with Crippen LogP contribution in [-0.4, -0.2) is 307 Å². The minimum Gasteiger partial charge on any atom is -0.388 e. The molecule has 37 nitrogen and oxygen atoms in total. The van der Waals surface area contributed by atoms with Crippen molar-refractivity contribution in [2.45, 2.75) is 191 Å². The van der Waals surface area contributed by atoms with Gasteiger partial charge in [-0.15, -0.1) is 0 Å². The van der Waals surface area contributed by atoms with Gasteiger partial charge in [0, 0.05) is 6.54 Å². The van der Waals surface area contributed by atoms with Crippen LogP contribution >= 0.6 is 15.6 Å². The molecule has 6 heterocycles. The smallest absolute Gasteiger partial charge is 0.388 e. The molecule has 7 fully saturated rings. The molecule has 0 spiro atoms. The highest BCUT2D eigenvalue weighted by Crippen LogP contribution is 2.56. The second-order valence-corrected chi connectivity index (χ2v) is 20.4. The summed E-state index contributed by atoms with van der Waals surface area (Å²) in [6.45, 7) is -1.96. The van der Waals surface area contributed by atoms with E-state index in [1.165, 1.54) is 0 Å². The Morgan fingerprint density at radius 2 is 0.932 bits per heavy atom. The Bertz CT molecular complexity index is 1910. The summed E-state index contributed by atoms with van der Waals surface area (Å²) in [5, 5.41) is 181. The van der Waals surface area contributed by atoms with E-state index in [4.69, 9.17) is 72.4 Å². The van der Waals surface area contributed by atoms with Gasteiger partial charge in [-0.1, -0.05) is 0 Å². The maximum atomic E-state index is 12.6. The Hall–Kier alpha value is -0.940. The summed E-state index contributed by atoms with van der Waals surface area (Å²) in [5.41, 5.74) is 11.4. The monoisotopic (exact) mass is 1120 g/mol. The zero-order valence-electron chi connectivity index (χ0n) is 37.1. The Labute approximate surface area is 408 Å². The predicted octanol–water partition coefficient (Wildman–Crippen LogP) is -13.7. The standard InChI is InChI=1S/C34H60N2O35P2/c35-1-2-59-72(54,55)71-32-19(50)14(45)24(63-31-18(49)10(41)15(46)26(51)65-31)34(68-32)64-23-13(44)16(47)27(52)66-33(23)58-3-4-6(37)8(39)17(48)30(60-4)62-22-7(38)5(36)29(67-28(22)53)61-20-11(42)9(40)12(43)21-25(20)70-73(56,57)69-21/h4-34,37-53H,1-3,35-36H2,(H,54,55)(H,56,57)/t4-,5-,6-,7-,8+,9+,10+,11+,12-,13+,14+,15+,16+,17+,18+,19+,20-,21-,22+,23+,24+,25+,26+,27+,28+,29+,30-,31+,32-,33+,34?/m1/s1. The van der Waals surface area contributed by atoms with Gasteiger partial charge in [0.2, 0.25) is 6.29 Å². The lowest BCUT2D eigenvalue weighted by Crippen LogP contribution is -2.68. The molecule has 0 aromatic rings. The van der Waals surface area contributed by atoms with Gasteiger partial charge in [0.05, 0.1) is 19.3 Å². The van der Waals surface area contributed by atoms with Gasteiger partial charge in [0.15, 0.2) is 50.3 Å². The molecule has 0 amide bonds. The SMILES string of the molecule is NCCOP(=O)(O)O[C@H]1OC(O[C@@H]2[C@@H](OC[C@H]3O[C@H](O[C@H]4[C@H](O)[C@@H](N)[C@@H](O[C@@H]5[C@@H](O)[C@H](O)[C@@H](O)[C@H]6OP(=O)(O)O[C@H]65)O[C@@H]4O)[C@@H](O)[C@@H](O)[C@@H]3O)O[C@H](O)[C@@H](O)[C@@H]2O)[C@@H](O[C@H]2O[C@H](O)[C@@H](O)[C@H](O)[C@@H]2O)[C@@H](O)[C@@H]1O. The molecule has 6 aliphatic heterocycles. The molecular weight excluding hydrogens is 1060 g/mol. The number of nitrogens with two attached hydrogens (primary N) is 2. The zero-order chi connectivity index (χ0) is 53.9. The van der Waals surface area contributed by atoms with Crippen LogP contribution < -0.4 is 11.5 Å². The molecule has 0 radical (unpaired) electrons. The molecule has 0 bridgehead atoms. The van der Waals surface area contributed by atoms with Gasteiger partial charge < -0.3 is 155 Å². The van der Waals surface area contributed by atoms with Crippen LogP contribution in [0, 0.1) is 0 Å². The van der Waals surface area contributed by atoms with Crippen LogP contribution in [0.4, 0.5) is 0 Å². The van der Waals surface area contributed by atoms with Gasteiger partial charge in [0.1, 0.15) is 128 Å². The van der Waals surface area contributed by atoms with Crippen LogP contribution in [0.1, 0.15) is 0 Å². The van der Waals surface area contributed by atoms with Crippen molar-refractivity contribution in [1.82, 2.24) is 0 Å². The van der Waals surface area contributed by atoms with E-state index < -0.39 is 220 Å². The van der Waals surface area contributed by atoms with Crippen molar-refractivity contribution in [3.63, 3.8) is 0 Å². The van der Waals surface area contributed by atoms with E-state index in [0.29, 0.717) is 0 Å². The van der Waals surface area contributed by atoms with Crippen molar-refractivity contribution in [2.75, 3.05) is 19.8 Å².